The molecule has 2 atom stereocenters. The van der Waals surface area contributed by atoms with E-state index in [2.05, 4.69) is 41.4 Å². The van der Waals surface area contributed by atoms with E-state index >= 15 is 0 Å². The van der Waals surface area contributed by atoms with E-state index in [4.69, 9.17) is 5.84 Å². The fraction of sp³-hybridized carbons (Fsp3) is 0.583. The zero-order valence-electron chi connectivity index (χ0n) is 11.5. The Morgan fingerprint density at radius 1 is 1.32 bits per heavy atom. The van der Waals surface area contributed by atoms with Gasteiger partial charge in [0.15, 0.2) is 11.5 Å². The van der Waals surface area contributed by atoms with Crippen LogP contribution in [-0.4, -0.2) is 58.1 Å². The lowest BCUT2D eigenvalue weighted by atomic mass is 10.1. The number of hydrogen-bond donors (Lipinski definition) is 2. The van der Waals surface area contributed by atoms with Gasteiger partial charge in [0.25, 0.3) is 5.91 Å². The van der Waals surface area contributed by atoms with Gasteiger partial charge in [-0.25, -0.2) is 5.84 Å². The highest BCUT2D eigenvalue weighted by Gasteiger charge is 2.30. The SMILES string of the molecule is CC1CN(C(=O)c2ccc(NN)nn2)CC(C)N1C. The number of anilines is 1. The average Bonchev–Trinajstić information content (AvgIpc) is 2.43. The summed E-state index contributed by atoms with van der Waals surface area (Å²) in [5.74, 6) is 5.58. The Kier molecular flexibility index (Phi) is 3.96. The first-order valence-electron chi connectivity index (χ1n) is 6.34. The molecule has 2 heterocycles. The Morgan fingerprint density at radius 3 is 2.42 bits per heavy atom. The molecule has 2 rings (SSSR count). The first kappa shape index (κ1) is 13.7. The molecule has 1 aromatic heterocycles. The molecule has 7 nitrogen and oxygen atoms in total. The van der Waals surface area contributed by atoms with Crippen LogP contribution in [-0.2, 0) is 0 Å². The predicted molar refractivity (Wildman–Crippen MR) is 72.4 cm³/mol. The van der Waals surface area contributed by atoms with Gasteiger partial charge in [0.1, 0.15) is 0 Å². The molecule has 1 aliphatic heterocycles. The maximum atomic E-state index is 12.4. The standard InChI is InChI=1S/C12H20N6O/c1-8-6-18(7-9(2)17(8)3)12(19)10-4-5-11(14-13)16-15-10/h4-5,8-9H,6-7,13H2,1-3H3,(H,14,16). The van der Waals surface area contributed by atoms with E-state index in [1.165, 1.54) is 0 Å². The largest absolute Gasteiger partial charge is 0.334 e. The number of nitrogens with two attached hydrogens (primary N) is 1. The second kappa shape index (κ2) is 5.50. The summed E-state index contributed by atoms with van der Waals surface area (Å²) < 4.78 is 0. The minimum Gasteiger partial charge on any atom is -0.334 e. The zero-order chi connectivity index (χ0) is 14.0. The van der Waals surface area contributed by atoms with Crippen molar-refractivity contribution in [3.05, 3.63) is 17.8 Å². The molecule has 1 fully saturated rings. The van der Waals surface area contributed by atoms with Crippen molar-refractivity contribution in [2.45, 2.75) is 25.9 Å². The summed E-state index contributed by atoms with van der Waals surface area (Å²) in [6.45, 7) is 5.64. The smallest absolute Gasteiger partial charge is 0.274 e. The Labute approximate surface area is 112 Å². The average molecular weight is 264 g/mol. The van der Waals surface area contributed by atoms with Crippen LogP contribution in [0, 0.1) is 0 Å². The summed E-state index contributed by atoms with van der Waals surface area (Å²) in [5, 5.41) is 7.72. The molecular weight excluding hydrogens is 244 g/mol. The second-order valence-electron chi connectivity index (χ2n) is 5.02. The molecule has 0 radical (unpaired) electrons. The van der Waals surface area contributed by atoms with Crippen LogP contribution in [0.2, 0.25) is 0 Å². The molecule has 0 aromatic carbocycles. The van der Waals surface area contributed by atoms with Crippen LogP contribution in [0.1, 0.15) is 24.3 Å². The van der Waals surface area contributed by atoms with E-state index in [-0.39, 0.29) is 5.91 Å². The van der Waals surface area contributed by atoms with E-state index < -0.39 is 0 Å². The number of likely N-dealkylation sites (N-methyl/N-ethyl adjacent to an activating group) is 1. The summed E-state index contributed by atoms with van der Waals surface area (Å²) in [6, 6.07) is 3.96. The van der Waals surface area contributed by atoms with Crippen LogP contribution in [0.25, 0.3) is 0 Å². The summed E-state index contributed by atoms with van der Waals surface area (Å²) in [6.07, 6.45) is 0. The van der Waals surface area contributed by atoms with E-state index in [0.717, 1.165) is 0 Å². The van der Waals surface area contributed by atoms with Crippen molar-refractivity contribution in [3.8, 4) is 0 Å². The van der Waals surface area contributed by atoms with E-state index in [1.807, 2.05) is 4.90 Å². The maximum Gasteiger partial charge on any atom is 0.274 e. The summed E-state index contributed by atoms with van der Waals surface area (Å²) in [5.41, 5.74) is 2.74. The van der Waals surface area contributed by atoms with Crippen molar-refractivity contribution in [2.24, 2.45) is 5.84 Å². The van der Waals surface area contributed by atoms with Gasteiger partial charge < -0.3 is 10.3 Å². The lowest BCUT2D eigenvalue weighted by molar-refractivity contribution is 0.0408. The molecule has 1 saturated heterocycles. The number of piperazine rings is 1. The summed E-state index contributed by atoms with van der Waals surface area (Å²) >= 11 is 0. The molecule has 2 unspecified atom stereocenters. The minimum absolute atomic E-state index is 0.0807. The van der Waals surface area contributed by atoms with Gasteiger partial charge in [0, 0.05) is 25.2 Å². The van der Waals surface area contributed by atoms with Gasteiger partial charge in [-0.1, -0.05) is 0 Å². The van der Waals surface area contributed by atoms with Crippen molar-refractivity contribution in [2.75, 3.05) is 25.6 Å². The van der Waals surface area contributed by atoms with Gasteiger partial charge in [-0.05, 0) is 33.0 Å². The van der Waals surface area contributed by atoms with Gasteiger partial charge >= 0.3 is 0 Å². The Bertz CT molecular complexity index is 436. The molecule has 3 N–H and O–H groups in total. The normalized spacial score (nSPS) is 24.3. The molecule has 7 heteroatoms. The summed E-state index contributed by atoms with van der Waals surface area (Å²) in [4.78, 5) is 16.5. The molecule has 1 amide bonds. The third kappa shape index (κ3) is 2.82. The van der Waals surface area contributed by atoms with Crippen LogP contribution in [0.3, 0.4) is 0 Å². The van der Waals surface area contributed by atoms with Gasteiger partial charge in [0.05, 0.1) is 0 Å². The number of rotatable bonds is 2. The highest BCUT2D eigenvalue weighted by Crippen LogP contribution is 2.15. The fourth-order valence-electron chi connectivity index (χ4n) is 2.26. The fourth-order valence-corrected chi connectivity index (χ4v) is 2.26. The van der Waals surface area contributed by atoms with Crippen LogP contribution in [0.5, 0.6) is 0 Å². The number of nitrogens with one attached hydrogen (secondary N) is 1. The molecule has 1 aliphatic rings. The van der Waals surface area contributed by atoms with Crippen molar-refractivity contribution < 1.29 is 4.79 Å². The first-order chi connectivity index (χ1) is 9.02. The zero-order valence-corrected chi connectivity index (χ0v) is 11.5. The maximum absolute atomic E-state index is 12.4. The number of hydrazine groups is 1. The molecule has 0 aliphatic carbocycles. The Morgan fingerprint density at radius 2 is 1.95 bits per heavy atom. The number of carbonyl (C=O) groups excluding carboxylic acids is 1. The molecule has 0 spiro atoms. The van der Waals surface area contributed by atoms with Crippen molar-refractivity contribution in [1.29, 1.82) is 0 Å². The number of nitrogens with zero attached hydrogens (tertiary/aromatic N) is 4. The van der Waals surface area contributed by atoms with Gasteiger partial charge in [0.2, 0.25) is 0 Å². The molecule has 19 heavy (non-hydrogen) atoms. The summed E-state index contributed by atoms with van der Waals surface area (Å²) in [7, 11) is 2.08. The molecule has 0 saturated carbocycles. The lowest BCUT2D eigenvalue weighted by Crippen LogP contribution is -2.56. The highest BCUT2D eigenvalue weighted by molar-refractivity contribution is 5.92. The molecule has 0 bridgehead atoms. The van der Waals surface area contributed by atoms with Crippen molar-refractivity contribution >= 4 is 11.7 Å². The number of hydrogen-bond acceptors (Lipinski definition) is 6. The highest BCUT2D eigenvalue weighted by atomic mass is 16.2. The van der Waals surface area contributed by atoms with Crippen LogP contribution in [0.15, 0.2) is 12.1 Å². The second-order valence-corrected chi connectivity index (χ2v) is 5.02. The van der Waals surface area contributed by atoms with Crippen LogP contribution in [0.4, 0.5) is 5.82 Å². The number of amides is 1. The van der Waals surface area contributed by atoms with Crippen LogP contribution >= 0.6 is 0 Å². The molecule has 1 aromatic rings. The van der Waals surface area contributed by atoms with Gasteiger partial charge in [-0.15, -0.1) is 10.2 Å². The van der Waals surface area contributed by atoms with E-state index in [1.54, 1.807) is 12.1 Å². The molecule has 104 valence electrons. The Hall–Kier alpha value is -1.73. The van der Waals surface area contributed by atoms with E-state index in [0.29, 0.717) is 36.7 Å². The Balaban J connectivity index is 2.10. The predicted octanol–water partition coefficient (Wildman–Crippen LogP) is -0.0732. The van der Waals surface area contributed by atoms with Crippen molar-refractivity contribution in [1.82, 2.24) is 20.0 Å². The van der Waals surface area contributed by atoms with Gasteiger partial charge in [-0.2, -0.15) is 0 Å². The molecular formula is C12H20N6O. The number of carbonyl (C=O) groups is 1. The monoisotopic (exact) mass is 264 g/mol. The number of aromatic nitrogens is 2. The quantitative estimate of drug-likeness (QED) is 0.574. The number of nitrogen functional groups attached to an aromatic ring is 1. The van der Waals surface area contributed by atoms with E-state index in [9.17, 15) is 4.79 Å². The third-order valence-corrected chi connectivity index (χ3v) is 3.68. The lowest BCUT2D eigenvalue weighted by Gasteiger charge is -2.42. The minimum atomic E-state index is -0.0807. The van der Waals surface area contributed by atoms with Gasteiger partial charge in [-0.3, -0.25) is 9.69 Å². The third-order valence-electron chi connectivity index (χ3n) is 3.68. The van der Waals surface area contributed by atoms with Crippen molar-refractivity contribution in [3.63, 3.8) is 0 Å². The topological polar surface area (TPSA) is 87.4 Å². The first-order valence-corrected chi connectivity index (χ1v) is 6.34. The van der Waals surface area contributed by atoms with Crippen LogP contribution < -0.4 is 11.3 Å².